The molecule has 0 unspecified atom stereocenters. The lowest BCUT2D eigenvalue weighted by molar-refractivity contribution is -0.117. The molecule has 0 aliphatic heterocycles. The minimum atomic E-state index is -0.0900. The number of rotatable bonds is 3. The second-order valence-corrected chi connectivity index (χ2v) is 4.41. The van der Waals surface area contributed by atoms with Crippen LogP contribution in [0, 0.1) is 0 Å². The van der Waals surface area contributed by atoms with Gasteiger partial charge in [-0.1, -0.05) is 43.3 Å². The molecule has 1 aliphatic rings. The average Bonchev–Trinajstić information content (AvgIpc) is 2.78. The summed E-state index contributed by atoms with van der Waals surface area (Å²) in [5, 5.41) is 3.03. The fourth-order valence-electron chi connectivity index (χ4n) is 2.55. The Bertz CT molecular complexity index is 431. The van der Waals surface area contributed by atoms with E-state index in [1.165, 1.54) is 18.1 Å². The highest BCUT2D eigenvalue weighted by atomic mass is 16.1. The number of hydrogen-bond donors (Lipinski definition) is 1. The van der Waals surface area contributed by atoms with Gasteiger partial charge in [-0.25, -0.2) is 0 Å². The Labute approximate surface area is 102 Å². The van der Waals surface area contributed by atoms with E-state index < -0.39 is 0 Å². The van der Waals surface area contributed by atoms with Gasteiger partial charge in [0.2, 0.25) is 0 Å². The minimum Gasteiger partial charge on any atom is -0.349 e. The van der Waals surface area contributed by atoms with Crippen molar-refractivity contribution in [2.75, 3.05) is 0 Å². The van der Waals surface area contributed by atoms with Gasteiger partial charge in [-0.3, -0.25) is 4.79 Å². The zero-order valence-corrected chi connectivity index (χ0v) is 9.86. The highest BCUT2D eigenvalue weighted by molar-refractivity contribution is 5.87. The predicted molar refractivity (Wildman–Crippen MR) is 68.7 cm³/mol. The molecule has 2 nitrogen and oxygen atoms in total. The molecule has 1 saturated carbocycles. The normalized spacial score (nSPS) is 22.8. The van der Waals surface area contributed by atoms with E-state index in [1.807, 2.05) is 6.07 Å². The van der Waals surface area contributed by atoms with E-state index in [4.69, 9.17) is 0 Å². The molecular formula is C15H17NO. The van der Waals surface area contributed by atoms with Crippen molar-refractivity contribution in [2.24, 2.45) is 0 Å². The Hall–Kier alpha value is -1.79. The summed E-state index contributed by atoms with van der Waals surface area (Å²) < 4.78 is 0. The van der Waals surface area contributed by atoms with Gasteiger partial charge >= 0.3 is 0 Å². The van der Waals surface area contributed by atoms with Crippen molar-refractivity contribution in [3.05, 3.63) is 54.3 Å². The van der Waals surface area contributed by atoms with Crippen LogP contribution < -0.4 is 5.32 Å². The molecule has 1 aliphatic carbocycles. The van der Waals surface area contributed by atoms with E-state index in [0.717, 1.165) is 12.8 Å². The van der Waals surface area contributed by atoms with E-state index in [-0.39, 0.29) is 11.9 Å². The molecule has 0 heterocycles. The lowest BCUT2D eigenvalue weighted by Gasteiger charge is -2.20. The van der Waals surface area contributed by atoms with Crippen LogP contribution in [0.15, 0.2) is 48.7 Å². The molecule has 0 radical (unpaired) electrons. The van der Waals surface area contributed by atoms with Crippen LogP contribution in [0.2, 0.25) is 0 Å². The molecule has 2 atom stereocenters. The van der Waals surface area contributed by atoms with Crippen molar-refractivity contribution >= 4 is 5.91 Å². The molecule has 17 heavy (non-hydrogen) atoms. The van der Waals surface area contributed by atoms with Crippen molar-refractivity contribution in [3.8, 4) is 0 Å². The fraction of sp³-hybridized carbons (Fsp3) is 0.333. The van der Waals surface area contributed by atoms with E-state index in [9.17, 15) is 4.79 Å². The van der Waals surface area contributed by atoms with Crippen LogP contribution in [0.25, 0.3) is 0 Å². The summed E-state index contributed by atoms with van der Waals surface area (Å²) in [6, 6.07) is 10.6. The van der Waals surface area contributed by atoms with Crippen molar-refractivity contribution in [1.82, 2.24) is 5.32 Å². The van der Waals surface area contributed by atoms with Gasteiger partial charge in [0.15, 0.2) is 0 Å². The predicted octanol–water partition coefficient (Wildman–Crippen LogP) is 2.78. The van der Waals surface area contributed by atoms with Crippen molar-refractivity contribution < 1.29 is 4.79 Å². The maximum absolute atomic E-state index is 11.5. The molecule has 2 rings (SSSR count). The summed E-state index contributed by atoms with van der Waals surface area (Å²) in [4.78, 5) is 11.5. The first-order chi connectivity index (χ1) is 8.31. The summed E-state index contributed by atoms with van der Waals surface area (Å²) in [6.45, 7) is 3.41. The van der Waals surface area contributed by atoms with Gasteiger partial charge in [-0.15, -0.1) is 5.73 Å². The summed E-state index contributed by atoms with van der Waals surface area (Å²) >= 11 is 0. The molecule has 88 valence electrons. The summed E-state index contributed by atoms with van der Waals surface area (Å²) in [7, 11) is 0. The third-order valence-corrected chi connectivity index (χ3v) is 3.30. The highest BCUT2D eigenvalue weighted by Gasteiger charge is 2.29. The Morgan fingerprint density at radius 1 is 1.35 bits per heavy atom. The van der Waals surface area contributed by atoms with Crippen LogP contribution in [-0.4, -0.2) is 11.9 Å². The first-order valence-electron chi connectivity index (χ1n) is 6.02. The molecule has 0 bridgehead atoms. The molecule has 0 saturated heterocycles. The molecule has 2 heteroatoms. The van der Waals surface area contributed by atoms with E-state index in [2.05, 4.69) is 41.9 Å². The van der Waals surface area contributed by atoms with Gasteiger partial charge in [-0.2, -0.15) is 0 Å². The smallest absolute Gasteiger partial charge is 0.251 e. The van der Waals surface area contributed by atoms with Crippen LogP contribution in [0.1, 0.15) is 30.7 Å². The second kappa shape index (κ2) is 5.51. The third-order valence-electron chi connectivity index (χ3n) is 3.30. The lowest BCUT2D eigenvalue weighted by atomic mass is 9.94. The van der Waals surface area contributed by atoms with Gasteiger partial charge in [-0.05, 0) is 18.4 Å². The van der Waals surface area contributed by atoms with Gasteiger partial charge in [0.25, 0.3) is 5.91 Å². The van der Waals surface area contributed by atoms with Gasteiger partial charge < -0.3 is 5.32 Å². The zero-order valence-electron chi connectivity index (χ0n) is 9.86. The maximum atomic E-state index is 11.5. The number of carbonyl (C=O) groups is 1. The van der Waals surface area contributed by atoms with Crippen LogP contribution >= 0.6 is 0 Å². The molecule has 1 aromatic rings. The first kappa shape index (κ1) is 11.7. The van der Waals surface area contributed by atoms with Crippen molar-refractivity contribution in [3.63, 3.8) is 0 Å². The number of nitrogens with one attached hydrogen (secondary N) is 1. The molecule has 1 amide bonds. The fourth-order valence-corrected chi connectivity index (χ4v) is 2.55. The summed E-state index contributed by atoms with van der Waals surface area (Å²) in [5.41, 5.74) is 3.83. The molecule has 1 aromatic carbocycles. The largest absolute Gasteiger partial charge is 0.349 e. The summed E-state index contributed by atoms with van der Waals surface area (Å²) in [6.07, 6.45) is 4.73. The van der Waals surface area contributed by atoms with Gasteiger partial charge in [0, 0.05) is 18.0 Å². The molecule has 0 aromatic heterocycles. The third kappa shape index (κ3) is 2.86. The zero-order chi connectivity index (χ0) is 12.1. The van der Waals surface area contributed by atoms with Crippen molar-refractivity contribution in [2.45, 2.75) is 31.2 Å². The minimum absolute atomic E-state index is 0.0900. The maximum Gasteiger partial charge on any atom is 0.251 e. The molecular weight excluding hydrogens is 210 g/mol. The van der Waals surface area contributed by atoms with Crippen molar-refractivity contribution in [1.29, 1.82) is 0 Å². The van der Waals surface area contributed by atoms with Crippen LogP contribution in [0.5, 0.6) is 0 Å². The topological polar surface area (TPSA) is 29.1 Å². The SMILES string of the molecule is C=C=CC(=O)N[C@@H]1CCC[C@@H]1c1ccccc1. The standard InChI is InChI=1S/C15H17NO/c1-2-7-15(17)16-14-11-6-10-13(14)12-8-4-3-5-9-12/h3-5,7-9,13-14H,1,6,10-11H2,(H,16,17)/t13-,14-/m1/s1. The van der Waals surface area contributed by atoms with Crippen LogP contribution in [0.4, 0.5) is 0 Å². The van der Waals surface area contributed by atoms with E-state index >= 15 is 0 Å². The Balaban J connectivity index is 2.08. The quantitative estimate of drug-likeness (QED) is 0.624. The lowest BCUT2D eigenvalue weighted by Crippen LogP contribution is -2.35. The number of benzene rings is 1. The highest BCUT2D eigenvalue weighted by Crippen LogP contribution is 2.34. The Morgan fingerprint density at radius 3 is 2.82 bits per heavy atom. The van der Waals surface area contributed by atoms with Gasteiger partial charge in [0.05, 0.1) is 0 Å². The molecule has 1 fully saturated rings. The number of carbonyl (C=O) groups excluding carboxylic acids is 1. The van der Waals surface area contributed by atoms with Crippen LogP contribution in [-0.2, 0) is 4.79 Å². The van der Waals surface area contributed by atoms with E-state index in [0.29, 0.717) is 5.92 Å². The second-order valence-electron chi connectivity index (χ2n) is 4.41. The van der Waals surface area contributed by atoms with Crippen LogP contribution in [0.3, 0.4) is 0 Å². The number of hydrogen-bond acceptors (Lipinski definition) is 1. The first-order valence-corrected chi connectivity index (χ1v) is 6.02. The van der Waals surface area contributed by atoms with E-state index in [1.54, 1.807) is 0 Å². The summed E-state index contributed by atoms with van der Waals surface area (Å²) in [5.74, 6) is 0.353. The monoisotopic (exact) mass is 227 g/mol. The molecule has 1 N–H and O–H groups in total. The molecule has 0 spiro atoms. The Morgan fingerprint density at radius 2 is 2.12 bits per heavy atom. The number of amides is 1. The average molecular weight is 227 g/mol. The Kier molecular flexibility index (Phi) is 3.79. The van der Waals surface area contributed by atoms with Gasteiger partial charge in [0.1, 0.15) is 0 Å².